The van der Waals surface area contributed by atoms with Gasteiger partial charge in [-0.25, -0.2) is 4.98 Å². The van der Waals surface area contributed by atoms with Crippen LogP contribution in [-0.2, 0) is 6.42 Å². The van der Waals surface area contributed by atoms with Crippen LogP contribution in [-0.4, -0.2) is 22.4 Å². The van der Waals surface area contributed by atoms with Gasteiger partial charge >= 0.3 is 0 Å². The molecular formula is C12H21N3S. The van der Waals surface area contributed by atoms with Gasteiger partial charge in [-0.1, -0.05) is 27.7 Å². The highest BCUT2D eigenvalue weighted by atomic mass is 32.1. The fraction of sp³-hybridized carbons (Fsp3) is 0.833. The second-order valence-electron chi connectivity index (χ2n) is 5.93. The number of nitrogens with zero attached hydrogens (tertiary/aromatic N) is 3. The molecule has 0 radical (unpaired) electrons. The summed E-state index contributed by atoms with van der Waals surface area (Å²) in [5, 5.41) is 1.11. The number of hydrogen-bond donors (Lipinski definition) is 0. The van der Waals surface area contributed by atoms with E-state index in [1.54, 1.807) is 11.5 Å². The number of hydrogen-bond acceptors (Lipinski definition) is 4. The first-order valence-corrected chi connectivity index (χ1v) is 6.81. The normalized spacial score (nSPS) is 19.7. The van der Waals surface area contributed by atoms with Gasteiger partial charge in [-0.05, 0) is 17.8 Å². The van der Waals surface area contributed by atoms with E-state index in [0.717, 1.165) is 30.5 Å². The van der Waals surface area contributed by atoms with Crippen molar-refractivity contribution in [2.75, 3.05) is 18.0 Å². The molecule has 1 aliphatic rings. The van der Waals surface area contributed by atoms with E-state index < -0.39 is 0 Å². The highest BCUT2D eigenvalue weighted by Crippen LogP contribution is 2.33. The van der Waals surface area contributed by atoms with Gasteiger partial charge in [0.05, 0.1) is 0 Å². The standard InChI is InChI=1S/C12H21N3S/c1-9(2)7-10-13-11(16-14-10)15-6-5-12(3,4)8-15/h9H,5-8H2,1-4H3. The van der Waals surface area contributed by atoms with Crippen molar-refractivity contribution in [1.82, 2.24) is 9.36 Å². The molecule has 0 bridgehead atoms. The van der Waals surface area contributed by atoms with Crippen LogP contribution in [0.25, 0.3) is 0 Å². The Hall–Kier alpha value is -0.640. The Labute approximate surface area is 102 Å². The maximum Gasteiger partial charge on any atom is 0.205 e. The van der Waals surface area contributed by atoms with Crippen molar-refractivity contribution in [3.8, 4) is 0 Å². The van der Waals surface area contributed by atoms with Crippen LogP contribution in [0.2, 0.25) is 0 Å². The van der Waals surface area contributed by atoms with Crippen LogP contribution in [0.5, 0.6) is 0 Å². The summed E-state index contributed by atoms with van der Waals surface area (Å²) in [6, 6.07) is 0. The van der Waals surface area contributed by atoms with E-state index in [9.17, 15) is 0 Å². The lowest BCUT2D eigenvalue weighted by molar-refractivity contribution is 0.418. The van der Waals surface area contributed by atoms with Crippen LogP contribution in [0.15, 0.2) is 0 Å². The third kappa shape index (κ3) is 2.73. The van der Waals surface area contributed by atoms with Crippen molar-refractivity contribution in [2.45, 2.75) is 40.5 Å². The summed E-state index contributed by atoms with van der Waals surface area (Å²) in [5.74, 6) is 1.65. The SMILES string of the molecule is CC(C)Cc1nsc(N2CCC(C)(C)C2)n1. The number of rotatable bonds is 3. The summed E-state index contributed by atoms with van der Waals surface area (Å²) >= 11 is 1.55. The molecular weight excluding hydrogens is 218 g/mol. The van der Waals surface area contributed by atoms with Gasteiger partial charge in [-0.15, -0.1) is 0 Å². The zero-order valence-electron chi connectivity index (χ0n) is 10.7. The van der Waals surface area contributed by atoms with Crippen LogP contribution in [0, 0.1) is 11.3 Å². The summed E-state index contributed by atoms with van der Waals surface area (Å²) < 4.78 is 4.44. The predicted octanol–water partition coefficient (Wildman–Crippen LogP) is 2.97. The molecule has 3 nitrogen and oxygen atoms in total. The number of anilines is 1. The Bertz CT molecular complexity index is 357. The van der Waals surface area contributed by atoms with E-state index in [-0.39, 0.29) is 0 Å². The molecule has 2 heterocycles. The van der Waals surface area contributed by atoms with E-state index in [1.165, 1.54) is 6.42 Å². The van der Waals surface area contributed by atoms with Gasteiger partial charge in [0.1, 0.15) is 5.82 Å². The van der Waals surface area contributed by atoms with Gasteiger partial charge in [0.25, 0.3) is 0 Å². The Morgan fingerprint density at radius 1 is 1.44 bits per heavy atom. The lowest BCUT2D eigenvalue weighted by atomic mass is 9.93. The van der Waals surface area contributed by atoms with E-state index >= 15 is 0 Å². The molecule has 90 valence electrons. The summed E-state index contributed by atoms with van der Waals surface area (Å²) in [6.07, 6.45) is 2.25. The first kappa shape index (κ1) is 11.8. The summed E-state index contributed by atoms with van der Waals surface area (Å²) in [6.45, 7) is 11.3. The van der Waals surface area contributed by atoms with Crippen LogP contribution in [0.1, 0.15) is 39.9 Å². The summed E-state index contributed by atoms with van der Waals surface area (Å²) in [5.41, 5.74) is 0.434. The Morgan fingerprint density at radius 2 is 2.19 bits per heavy atom. The lowest BCUT2D eigenvalue weighted by Gasteiger charge is -2.18. The molecule has 0 saturated carbocycles. The Kier molecular flexibility index (Phi) is 3.19. The Morgan fingerprint density at radius 3 is 2.75 bits per heavy atom. The van der Waals surface area contributed by atoms with Crippen molar-refractivity contribution in [3.05, 3.63) is 5.82 Å². The van der Waals surface area contributed by atoms with Crippen LogP contribution >= 0.6 is 11.5 Å². The first-order chi connectivity index (χ1) is 7.46. The molecule has 0 N–H and O–H groups in total. The monoisotopic (exact) mass is 239 g/mol. The summed E-state index contributed by atoms with van der Waals surface area (Å²) in [4.78, 5) is 7.01. The van der Waals surface area contributed by atoms with E-state index in [2.05, 4.69) is 42.0 Å². The number of aromatic nitrogens is 2. The third-order valence-electron chi connectivity index (χ3n) is 3.00. The molecule has 4 heteroatoms. The molecule has 1 aliphatic heterocycles. The van der Waals surface area contributed by atoms with Crippen LogP contribution in [0.4, 0.5) is 5.13 Å². The molecule has 1 aromatic rings. The second-order valence-corrected chi connectivity index (χ2v) is 6.66. The maximum absolute atomic E-state index is 4.63. The van der Waals surface area contributed by atoms with Crippen LogP contribution < -0.4 is 4.90 Å². The van der Waals surface area contributed by atoms with Crippen molar-refractivity contribution in [3.63, 3.8) is 0 Å². The van der Waals surface area contributed by atoms with Gasteiger partial charge in [-0.3, -0.25) is 0 Å². The molecule has 0 spiro atoms. The van der Waals surface area contributed by atoms with Gasteiger partial charge in [0, 0.05) is 31.0 Å². The molecule has 0 unspecified atom stereocenters. The topological polar surface area (TPSA) is 29.0 Å². The van der Waals surface area contributed by atoms with Gasteiger partial charge in [0.2, 0.25) is 5.13 Å². The zero-order valence-corrected chi connectivity index (χ0v) is 11.5. The fourth-order valence-electron chi connectivity index (χ4n) is 2.10. The van der Waals surface area contributed by atoms with E-state index in [4.69, 9.17) is 0 Å². The molecule has 0 atom stereocenters. The van der Waals surface area contributed by atoms with Crippen molar-refractivity contribution in [1.29, 1.82) is 0 Å². The highest BCUT2D eigenvalue weighted by Gasteiger charge is 2.30. The molecule has 0 amide bonds. The van der Waals surface area contributed by atoms with Crippen molar-refractivity contribution in [2.24, 2.45) is 11.3 Å². The third-order valence-corrected chi connectivity index (χ3v) is 3.81. The molecule has 1 aromatic heterocycles. The minimum absolute atomic E-state index is 0.434. The smallest absolute Gasteiger partial charge is 0.205 e. The molecule has 1 saturated heterocycles. The van der Waals surface area contributed by atoms with Gasteiger partial charge in [-0.2, -0.15) is 4.37 Å². The minimum atomic E-state index is 0.434. The maximum atomic E-state index is 4.63. The van der Waals surface area contributed by atoms with E-state index in [0.29, 0.717) is 11.3 Å². The average Bonchev–Trinajstić information content (AvgIpc) is 2.71. The fourth-order valence-corrected chi connectivity index (χ4v) is 2.82. The molecule has 2 rings (SSSR count). The molecule has 16 heavy (non-hydrogen) atoms. The average molecular weight is 239 g/mol. The summed E-state index contributed by atoms with van der Waals surface area (Å²) in [7, 11) is 0. The van der Waals surface area contributed by atoms with E-state index in [1.807, 2.05) is 0 Å². The van der Waals surface area contributed by atoms with Gasteiger partial charge < -0.3 is 4.90 Å². The van der Waals surface area contributed by atoms with Gasteiger partial charge in [0.15, 0.2) is 0 Å². The Balaban J connectivity index is 2.03. The quantitative estimate of drug-likeness (QED) is 0.812. The largest absolute Gasteiger partial charge is 0.346 e. The molecule has 0 aliphatic carbocycles. The zero-order chi connectivity index (χ0) is 11.8. The minimum Gasteiger partial charge on any atom is -0.346 e. The molecule has 0 aromatic carbocycles. The van der Waals surface area contributed by atoms with Crippen molar-refractivity contribution >= 4 is 16.7 Å². The van der Waals surface area contributed by atoms with Crippen LogP contribution in [0.3, 0.4) is 0 Å². The first-order valence-electron chi connectivity index (χ1n) is 6.04. The highest BCUT2D eigenvalue weighted by molar-refractivity contribution is 7.09. The predicted molar refractivity (Wildman–Crippen MR) is 69.1 cm³/mol. The second kappa shape index (κ2) is 4.32. The molecule has 1 fully saturated rings. The lowest BCUT2D eigenvalue weighted by Crippen LogP contribution is -2.22. The van der Waals surface area contributed by atoms with Crippen molar-refractivity contribution < 1.29 is 0 Å².